The van der Waals surface area contributed by atoms with Gasteiger partial charge in [-0.2, -0.15) is 0 Å². The Morgan fingerprint density at radius 3 is 2.70 bits per heavy atom. The summed E-state index contributed by atoms with van der Waals surface area (Å²) in [5, 5.41) is 4.43. The van der Waals surface area contributed by atoms with Crippen LogP contribution in [0.1, 0.15) is 51.5 Å². The first-order chi connectivity index (χ1) is 9.70. The molecule has 3 unspecified atom stereocenters. The van der Waals surface area contributed by atoms with Crippen LogP contribution in [0, 0.1) is 11.8 Å². The highest BCUT2D eigenvalue weighted by Gasteiger charge is 2.25. The Morgan fingerprint density at radius 2 is 1.95 bits per heavy atom. The van der Waals surface area contributed by atoms with Crippen molar-refractivity contribution in [3.63, 3.8) is 0 Å². The molecule has 110 valence electrons. The number of hydrogen-bond donors (Lipinski definition) is 1. The Hall–Kier alpha value is -0.470. The van der Waals surface area contributed by atoms with E-state index in [2.05, 4.69) is 55.2 Å². The van der Waals surface area contributed by atoms with Crippen LogP contribution in [0.2, 0.25) is 0 Å². The fourth-order valence-corrected chi connectivity index (χ4v) is 4.49. The Morgan fingerprint density at radius 1 is 1.10 bits per heavy atom. The largest absolute Gasteiger partial charge is 0.310 e. The second-order valence-electron chi connectivity index (χ2n) is 6.81. The molecule has 2 aliphatic rings. The third-order valence-corrected chi connectivity index (χ3v) is 6.21. The van der Waals surface area contributed by atoms with Gasteiger partial charge >= 0.3 is 0 Å². The molecule has 0 bridgehead atoms. The van der Waals surface area contributed by atoms with Gasteiger partial charge in [0.2, 0.25) is 0 Å². The lowest BCUT2D eigenvalue weighted by Crippen LogP contribution is -2.22. The van der Waals surface area contributed by atoms with E-state index in [1.807, 2.05) is 0 Å². The number of benzene rings is 1. The van der Waals surface area contributed by atoms with Gasteiger partial charge in [-0.05, 0) is 61.6 Å². The molecule has 0 aromatic heterocycles. The molecule has 0 saturated heterocycles. The SMILES string of the molecule is CC1CCC(Sc2cccc(CNC3CC3)c2)CC1C. The van der Waals surface area contributed by atoms with Gasteiger partial charge in [-0.25, -0.2) is 0 Å². The van der Waals surface area contributed by atoms with Crippen LogP contribution in [0.15, 0.2) is 29.2 Å². The Kier molecular flexibility index (Phi) is 4.72. The van der Waals surface area contributed by atoms with Crippen LogP contribution in [-0.4, -0.2) is 11.3 Å². The summed E-state index contributed by atoms with van der Waals surface area (Å²) in [5.41, 5.74) is 1.44. The van der Waals surface area contributed by atoms with Crippen molar-refractivity contribution in [1.82, 2.24) is 5.32 Å². The maximum atomic E-state index is 3.61. The maximum Gasteiger partial charge on any atom is 0.0208 e. The topological polar surface area (TPSA) is 12.0 Å². The maximum absolute atomic E-state index is 3.61. The van der Waals surface area contributed by atoms with Crippen molar-refractivity contribution < 1.29 is 0 Å². The molecule has 2 fully saturated rings. The van der Waals surface area contributed by atoms with Gasteiger partial charge < -0.3 is 5.32 Å². The highest BCUT2D eigenvalue weighted by Crippen LogP contribution is 2.38. The van der Waals surface area contributed by atoms with E-state index < -0.39 is 0 Å². The predicted molar refractivity (Wildman–Crippen MR) is 88.1 cm³/mol. The van der Waals surface area contributed by atoms with Crippen molar-refractivity contribution in [1.29, 1.82) is 0 Å². The second kappa shape index (κ2) is 6.53. The molecule has 0 aliphatic heterocycles. The summed E-state index contributed by atoms with van der Waals surface area (Å²) >= 11 is 2.11. The first-order valence-electron chi connectivity index (χ1n) is 8.19. The van der Waals surface area contributed by atoms with Crippen molar-refractivity contribution in [2.24, 2.45) is 11.8 Å². The molecular formula is C18H27NS. The summed E-state index contributed by atoms with van der Waals surface area (Å²) in [6.07, 6.45) is 6.91. The average Bonchev–Trinajstić information content (AvgIpc) is 3.25. The van der Waals surface area contributed by atoms with E-state index in [4.69, 9.17) is 0 Å². The highest BCUT2D eigenvalue weighted by molar-refractivity contribution is 8.00. The lowest BCUT2D eigenvalue weighted by Gasteiger charge is -2.31. The molecule has 1 nitrogen and oxygen atoms in total. The van der Waals surface area contributed by atoms with Crippen LogP contribution in [0.5, 0.6) is 0 Å². The van der Waals surface area contributed by atoms with Crippen molar-refractivity contribution in [2.75, 3.05) is 0 Å². The van der Waals surface area contributed by atoms with Gasteiger partial charge in [0.05, 0.1) is 0 Å². The number of hydrogen-bond acceptors (Lipinski definition) is 2. The lowest BCUT2D eigenvalue weighted by atomic mass is 9.81. The zero-order valence-electron chi connectivity index (χ0n) is 12.8. The molecule has 1 aromatic carbocycles. The lowest BCUT2D eigenvalue weighted by molar-refractivity contribution is 0.283. The van der Waals surface area contributed by atoms with E-state index in [1.54, 1.807) is 0 Å². The Bertz CT molecular complexity index is 441. The molecule has 0 amide bonds. The first-order valence-corrected chi connectivity index (χ1v) is 9.07. The first kappa shape index (κ1) is 14.5. The van der Waals surface area contributed by atoms with Crippen LogP contribution in [0.4, 0.5) is 0 Å². The van der Waals surface area contributed by atoms with Gasteiger partial charge in [0.25, 0.3) is 0 Å². The highest BCUT2D eigenvalue weighted by atomic mass is 32.2. The molecule has 2 aliphatic carbocycles. The van der Waals surface area contributed by atoms with Crippen molar-refractivity contribution in [2.45, 2.75) is 68.7 Å². The molecule has 20 heavy (non-hydrogen) atoms. The van der Waals surface area contributed by atoms with Crippen LogP contribution < -0.4 is 5.32 Å². The van der Waals surface area contributed by atoms with E-state index in [9.17, 15) is 0 Å². The van der Waals surface area contributed by atoms with E-state index >= 15 is 0 Å². The quantitative estimate of drug-likeness (QED) is 0.831. The number of thioether (sulfide) groups is 1. The van der Waals surface area contributed by atoms with Crippen molar-refractivity contribution in [3.8, 4) is 0 Å². The van der Waals surface area contributed by atoms with E-state index in [0.717, 1.165) is 29.7 Å². The number of nitrogens with one attached hydrogen (secondary N) is 1. The van der Waals surface area contributed by atoms with Gasteiger partial charge in [0.1, 0.15) is 0 Å². The summed E-state index contributed by atoms with van der Waals surface area (Å²) in [6, 6.07) is 9.95. The van der Waals surface area contributed by atoms with Crippen LogP contribution in [-0.2, 0) is 6.54 Å². The van der Waals surface area contributed by atoms with Crippen molar-refractivity contribution >= 4 is 11.8 Å². The Balaban J connectivity index is 1.54. The van der Waals surface area contributed by atoms with Crippen molar-refractivity contribution in [3.05, 3.63) is 29.8 Å². The molecule has 1 N–H and O–H groups in total. The fourth-order valence-electron chi connectivity index (χ4n) is 3.08. The number of rotatable bonds is 5. The van der Waals surface area contributed by atoms with E-state index in [-0.39, 0.29) is 0 Å². The normalized spacial score (nSPS) is 30.4. The predicted octanol–water partition coefficient (Wildman–Crippen LogP) is 4.86. The molecule has 3 rings (SSSR count). The smallest absolute Gasteiger partial charge is 0.0208 e. The van der Waals surface area contributed by atoms with Gasteiger partial charge in [-0.3, -0.25) is 0 Å². The van der Waals surface area contributed by atoms with Crippen LogP contribution >= 0.6 is 11.8 Å². The summed E-state index contributed by atoms with van der Waals surface area (Å²) in [5.74, 6) is 1.81. The van der Waals surface area contributed by atoms with E-state index in [1.165, 1.54) is 42.6 Å². The molecule has 2 heteroatoms. The summed E-state index contributed by atoms with van der Waals surface area (Å²) in [6.45, 7) is 5.88. The molecule has 1 aromatic rings. The molecule has 0 radical (unpaired) electrons. The Labute approximate surface area is 127 Å². The zero-order chi connectivity index (χ0) is 13.9. The molecule has 0 spiro atoms. The summed E-state index contributed by atoms with van der Waals surface area (Å²) < 4.78 is 0. The second-order valence-corrected chi connectivity index (χ2v) is 8.18. The van der Waals surface area contributed by atoms with E-state index in [0.29, 0.717) is 0 Å². The molecule has 3 atom stereocenters. The minimum atomic E-state index is 0.798. The summed E-state index contributed by atoms with van der Waals surface area (Å²) in [7, 11) is 0. The van der Waals surface area contributed by atoms with Gasteiger partial charge in [0, 0.05) is 22.7 Å². The molecular weight excluding hydrogens is 262 g/mol. The average molecular weight is 289 g/mol. The summed E-state index contributed by atoms with van der Waals surface area (Å²) in [4.78, 5) is 1.46. The third-order valence-electron chi connectivity index (χ3n) is 4.92. The minimum Gasteiger partial charge on any atom is -0.310 e. The zero-order valence-corrected chi connectivity index (χ0v) is 13.6. The minimum absolute atomic E-state index is 0.798. The van der Waals surface area contributed by atoms with Crippen LogP contribution in [0.25, 0.3) is 0 Å². The van der Waals surface area contributed by atoms with Gasteiger partial charge in [-0.15, -0.1) is 11.8 Å². The molecule has 2 saturated carbocycles. The van der Waals surface area contributed by atoms with Crippen LogP contribution in [0.3, 0.4) is 0 Å². The monoisotopic (exact) mass is 289 g/mol. The third kappa shape index (κ3) is 4.02. The van der Waals surface area contributed by atoms with Gasteiger partial charge in [-0.1, -0.05) is 26.0 Å². The standard InChI is InChI=1S/C18H27NS/c1-13-6-9-18(10-14(13)2)20-17-5-3-4-15(11-17)12-19-16-7-8-16/h3-5,11,13-14,16,18-19H,6-10,12H2,1-2H3. The fraction of sp³-hybridized carbons (Fsp3) is 0.667. The molecule has 0 heterocycles. The van der Waals surface area contributed by atoms with Gasteiger partial charge in [0.15, 0.2) is 0 Å².